The maximum atomic E-state index is 3.70. The van der Waals surface area contributed by atoms with Crippen LogP contribution in [-0.2, 0) is 10.8 Å². The number of nitrogens with one attached hydrogen (secondary N) is 1. The fourth-order valence-corrected chi connectivity index (χ4v) is 3.23. The normalized spacial score (nSPS) is 12.4. The smallest absolute Gasteiger partial charge is 0.0501 e. The Balaban J connectivity index is 2.08. The summed E-state index contributed by atoms with van der Waals surface area (Å²) in [5.41, 5.74) is 5.30. The zero-order valence-corrected chi connectivity index (χ0v) is 16.3. The summed E-state index contributed by atoms with van der Waals surface area (Å²) < 4.78 is 0. The highest BCUT2D eigenvalue weighted by atomic mass is 14.9. The molecular weight excluding hydrogens is 302 g/mol. The van der Waals surface area contributed by atoms with Crippen LogP contribution in [0.2, 0.25) is 0 Å². The van der Waals surface area contributed by atoms with Gasteiger partial charge >= 0.3 is 0 Å². The van der Waals surface area contributed by atoms with Crippen molar-refractivity contribution in [3.63, 3.8) is 0 Å². The highest BCUT2D eigenvalue weighted by Gasteiger charge is 2.20. The van der Waals surface area contributed by atoms with Crippen LogP contribution in [0.5, 0.6) is 0 Å². The lowest BCUT2D eigenvalue weighted by Gasteiger charge is -2.25. The third-order valence-electron chi connectivity index (χ3n) is 4.76. The van der Waals surface area contributed by atoms with Crippen LogP contribution in [0.4, 0.5) is 11.4 Å². The first-order chi connectivity index (χ1) is 11.7. The van der Waals surface area contributed by atoms with Crippen LogP contribution in [0.15, 0.2) is 60.7 Å². The molecule has 3 rings (SSSR count). The van der Waals surface area contributed by atoms with Crippen molar-refractivity contribution < 1.29 is 0 Å². The molecule has 3 aromatic carbocycles. The van der Waals surface area contributed by atoms with Gasteiger partial charge in [0.2, 0.25) is 0 Å². The lowest BCUT2D eigenvalue weighted by atomic mass is 9.84. The van der Waals surface area contributed by atoms with Gasteiger partial charge in [-0.3, -0.25) is 0 Å². The van der Waals surface area contributed by atoms with Gasteiger partial charge in [-0.05, 0) is 39.5 Å². The quantitative estimate of drug-likeness (QED) is 0.524. The first kappa shape index (κ1) is 17.5. The molecule has 0 heterocycles. The van der Waals surface area contributed by atoms with Crippen LogP contribution >= 0.6 is 0 Å². The van der Waals surface area contributed by atoms with Gasteiger partial charge in [0.15, 0.2) is 0 Å². The summed E-state index contributed by atoms with van der Waals surface area (Å²) in [6.45, 7) is 13.6. The molecule has 0 aromatic heterocycles. The molecule has 0 bridgehead atoms. The Labute approximate surface area is 152 Å². The van der Waals surface area contributed by atoms with E-state index < -0.39 is 0 Å². The first-order valence-electron chi connectivity index (χ1n) is 9.06. The molecule has 1 nitrogen and oxygen atoms in total. The Kier molecular flexibility index (Phi) is 4.36. The Bertz CT molecular complexity index is 875. The molecule has 0 fully saturated rings. The number of hydrogen-bond donors (Lipinski definition) is 1. The highest BCUT2D eigenvalue weighted by Crippen LogP contribution is 2.37. The van der Waals surface area contributed by atoms with Gasteiger partial charge in [0.05, 0.1) is 5.69 Å². The van der Waals surface area contributed by atoms with Crippen LogP contribution in [0.1, 0.15) is 52.7 Å². The molecule has 0 saturated carbocycles. The minimum atomic E-state index is 0.0811. The maximum absolute atomic E-state index is 3.70. The van der Waals surface area contributed by atoms with Crippen molar-refractivity contribution in [1.29, 1.82) is 0 Å². The van der Waals surface area contributed by atoms with Crippen molar-refractivity contribution in [1.82, 2.24) is 0 Å². The number of fused-ring (bicyclic) bond motifs is 1. The molecule has 0 aliphatic rings. The van der Waals surface area contributed by atoms with E-state index in [1.165, 1.54) is 27.6 Å². The van der Waals surface area contributed by atoms with E-state index in [0.717, 1.165) is 5.69 Å². The van der Waals surface area contributed by atoms with Gasteiger partial charge in [-0.15, -0.1) is 0 Å². The summed E-state index contributed by atoms with van der Waals surface area (Å²) >= 11 is 0. The fourth-order valence-electron chi connectivity index (χ4n) is 3.23. The number of hydrogen-bond acceptors (Lipinski definition) is 1. The molecule has 0 saturated heterocycles. The Hall–Kier alpha value is -2.28. The Morgan fingerprint density at radius 1 is 0.640 bits per heavy atom. The molecule has 0 unspecified atom stereocenters. The van der Waals surface area contributed by atoms with Crippen LogP contribution in [-0.4, -0.2) is 0 Å². The second-order valence-corrected chi connectivity index (χ2v) is 8.91. The van der Waals surface area contributed by atoms with Crippen molar-refractivity contribution in [2.45, 2.75) is 52.4 Å². The molecule has 1 heteroatoms. The molecule has 130 valence electrons. The van der Waals surface area contributed by atoms with Crippen molar-refractivity contribution in [3.8, 4) is 0 Å². The van der Waals surface area contributed by atoms with E-state index in [1.54, 1.807) is 0 Å². The summed E-state index contributed by atoms with van der Waals surface area (Å²) in [5.74, 6) is 0. The minimum Gasteiger partial charge on any atom is -0.355 e. The minimum absolute atomic E-state index is 0.0811. The van der Waals surface area contributed by atoms with E-state index in [2.05, 4.69) is 108 Å². The van der Waals surface area contributed by atoms with Crippen molar-refractivity contribution >= 4 is 22.1 Å². The standard InChI is InChI=1S/C24H29N/c1-23(2,3)18-12-14-19(15-13-18)25-22-20-10-8-7-9-17(20)11-16-21(22)24(4,5)6/h7-16,25H,1-6H3. The predicted octanol–water partition coefficient (Wildman–Crippen LogP) is 7.18. The molecule has 3 aromatic rings. The van der Waals surface area contributed by atoms with Gasteiger partial charge in [0.25, 0.3) is 0 Å². The van der Waals surface area contributed by atoms with Gasteiger partial charge in [0, 0.05) is 11.1 Å². The van der Waals surface area contributed by atoms with E-state index in [4.69, 9.17) is 0 Å². The van der Waals surface area contributed by atoms with Gasteiger partial charge in [-0.1, -0.05) is 90.1 Å². The highest BCUT2D eigenvalue weighted by molar-refractivity contribution is 5.97. The van der Waals surface area contributed by atoms with Gasteiger partial charge in [-0.2, -0.15) is 0 Å². The van der Waals surface area contributed by atoms with Gasteiger partial charge < -0.3 is 5.32 Å². The maximum Gasteiger partial charge on any atom is 0.0501 e. The molecule has 25 heavy (non-hydrogen) atoms. The Morgan fingerprint density at radius 2 is 1.28 bits per heavy atom. The van der Waals surface area contributed by atoms with Gasteiger partial charge in [0.1, 0.15) is 0 Å². The second-order valence-electron chi connectivity index (χ2n) is 8.91. The molecule has 0 radical (unpaired) electrons. The SMILES string of the molecule is CC(C)(C)c1ccc(Nc2c(C(C)(C)C)ccc3ccccc23)cc1. The zero-order chi connectivity index (χ0) is 18.2. The van der Waals surface area contributed by atoms with E-state index in [0.29, 0.717) is 0 Å². The van der Waals surface area contributed by atoms with E-state index in [9.17, 15) is 0 Å². The predicted molar refractivity (Wildman–Crippen MR) is 111 cm³/mol. The lowest BCUT2D eigenvalue weighted by molar-refractivity contribution is 0.590. The largest absolute Gasteiger partial charge is 0.355 e. The third-order valence-corrected chi connectivity index (χ3v) is 4.76. The second kappa shape index (κ2) is 6.22. The van der Waals surface area contributed by atoms with E-state index >= 15 is 0 Å². The topological polar surface area (TPSA) is 12.0 Å². The number of anilines is 2. The van der Waals surface area contributed by atoms with Crippen molar-refractivity contribution in [2.75, 3.05) is 5.32 Å². The summed E-state index contributed by atoms with van der Waals surface area (Å²) in [4.78, 5) is 0. The van der Waals surface area contributed by atoms with E-state index in [-0.39, 0.29) is 10.8 Å². The first-order valence-corrected chi connectivity index (χ1v) is 9.06. The molecule has 0 aliphatic carbocycles. The molecular formula is C24H29N. The summed E-state index contributed by atoms with van der Waals surface area (Å²) in [7, 11) is 0. The van der Waals surface area contributed by atoms with Crippen LogP contribution < -0.4 is 5.32 Å². The molecule has 0 amide bonds. The van der Waals surface area contributed by atoms with Crippen molar-refractivity contribution in [2.24, 2.45) is 0 Å². The lowest BCUT2D eigenvalue weighted by Crippen LogP contribution is -2.14. The summed E-state index contributed by atoms with van der Waals surface area (Å²) in [5, 5.41) is 6.24. The number of rotatable bonds is 2. The van der Waals surface area contributed by atoms with E-state index in [1.807, 2.05) is 0 Å². The van der Waals surface area contributed by atoms with Crippen LogP contribution in [0.3, 0.4) is 0 Å². The molecule has 1 N–H and O–H groups in total. The van der Waals surface area contributed by atoms with Crippen molar-refractivity contribution in [3.05, 3.63) is 71.8 Å². The molecule has 0 spiro atoms. The zero-order valence-electron chi connectivity index (χ0n) is 16.3. The molecule has 0 aliphatic heterocycles. The average Bonchev–Trinajstić information content (AvgIpc) is 2.53. The third kappa shape index (κ3) is 3.71. The summed E-state index contributed by atoms with van der Waals surface area (Å²) in [6, 6.07) is 21.9. The summed E-state index contributed by atoms with van der Waals surface area (Å²) in [6.07, 6.45) is 0. The monoisotopic (exact) mass is 331 g/mol. The van der Waals surface area contributed by atoms with Crippen LogP contribution in [0, 0.1) is 0 Å². The number of benzene rings is 3. The molecule has 0 atom stereocenters. The van der Waals surface area contributed by atoms with Gasteiger partial charge in [-0.25, -0.2) is 0 Å². The fraction of sp³-hybridized carbons (Fsp3) is 0.333. The van der Waals surface area contributed by atoms with Crippen LogP contribution in [0.25, 0.3) is 10.8 Å². The average molecular weight is 332 g/mol. The Morgan fingerprint density at radius 3 is 1.88 bits per heavy atom.